The SMILES string of the molecule is COC(=O)[C@H]1O[C@@H](Oc2cccc(C(=O)c3ccccc3)c2)[C@H](OC(C)=O)[C@@H](OC(C)=O)[C@@H]1OC(C)=O. The van der Waals surface area contributed by atoms with Crippen LogP contribution < -0.4 is 4.74 Å². The lowest BCUT2D eigenvalue weighted by atomic mass is 9.97. The number of hydrogen-bond donors (Lipinski definition) is 0. The van der Waals surface area contributed by atoms with Crippen molar-refractivity contribution in [3.63, 3.8) is 0 Å². The predicted octanol–water partition coefficient (Wildman–Crippen LogP) is 1.99. The van der Waals surface area contributed by atoms with Gasteiger partial charge in [-0.1, -0.05) is 42.5 Å². The Morgan fingerprint density at radius 2 is 1.27 bits per heavy atom. The van der Waals surface area contributed by atoms with Gasteiger partial charge in [0.15, 0.2) is 24.1 Å². The number of ether oxygens (including phenoxy) is 6. The number of rotatable bonds is 8. The first-order valence-corrected chi connectivity index (χ1v) is 11.2. The van der Waals surface area contributed by atoms with E-state index in [0.717, 1.165) is 27.9 Å². The molecular weight excluding hydrogens is 488 g/mol. The molecule has 37 heavy (non-hydrogen) atoms. The Bertz CT molecular complexity index is 1160. The van der Waals surface area contributed by atoms with E-state index in [9.17, 15) is 24.0 Å². The number of carbonyl (C=O) groups excluding carboxylic acids is 5. The summed E-state index contributed by atoms with van der Waals surface area (Å²) in [6.07, 6.45) is -7.57. The molecule has 1 fully saturated rings. The van der Waals surface area contributed by atoms with Gasteiger partial charge in [-0.25, -0.2) is 4.79 Å². The van der Waals surface area contributed by atoms with Gasteiger partial charge in [-0.05, 0) is 12.1 Å². The first-order chi connectivity index (χ1) is 17.6. The molecule has 3 rings (SSSR count). The van der Waals surface area contributed by atoms with Gasteiger partial charge >= 0.3 is 23.9 Å². The molecule has 0 N–H and O–H groups in total. The normalized spacial score (nSPS) is 22.8. The Kier molecular flexibility index (Phi) is 8.96. The minimum Gasteiger partial charge on any atom is -0.467 e. The zero-order valence-corrected chi connectivity index (χ0v) is 20.6. The van der Waals surface area contributed by atoms with Crippen molar-refractivity contribution >= 4 is 29.7 Å². The van der Waals surface area contributed by atoms with Crippen LogP contribution in [0.3, 0.4) is 0 Å². The molecule has 2 aromatic carbocycles. The molecule has 1 aliphatic rings. The zero-order chi connectivity index (χ0) is 27.1. The highest BCUT2D eigenvalue weighted by molar-refractivity contribution is 6.09. The van der Waals surface area contributed by atoms with Crippen molar-refractivity contribution < 1.29 is 52.4 Å². The molecule has 0 saturated carbocycles. The lowest BCUT2D eigenvalue weighted by molar-refractivity contribution is -0.282. The Balaban J connectivity index is 1.99. The largest absolute Gasteiger partial charge is 0.467 e. The Morgan fingerprint density at radius 1 is 0.703 bits per heavy atom. The van der Waals surface area contributed by atoms with Gasteiger partial charge in [-0.2, -0.15) is 0 Å². The number of hydrogen-bond acceptors (Lipinski definition) is 11. The van der Waals surface area contributed by atoms with Gasteiger partial charge in [0.2, 0.25) is 12.4 Å². The van der Waals surface area contributed by atoms with E-state index in [1.165, 1.54) is 12.1 Å². The lowest BCUT2D eigenvalue weighted by Crippen LogP contribution is -2.64. The van der Waals surface area contributed by atoms with Crippen LogP contribution in [0.2, 0.25) is 0 Å². The summed E-state index contributed by atoms with van der Waals surface area (Å²) in [6, 6.07) is 14.7. The summed E-state index contributed by atoms with van der Waals surface area (Å²) in [7, 11) is 1.09. The van der Waals surface area contributed by atoms with Gasteiger partial charge in [0.05, 0.1) is 7.11 Å². The van der Waals surface area contributed by atoms with Crippen LogP contribution in [0.15, 0.2) is 54.6 Å². The highest BCUT2D eigenvalue weighted by Crippen LogP contribution is 2.31. The van der Waals surface area contributed by atoms with E-state index < -0.39 is 54.6 Å². The van der Waals surface area contributed by atoms with Gasteiger partial charge in [0.25, 0.3) is 0 Å². The van der Waals surface area contributed by atoms with Crippen LogP contribution in [0.4, 0.5) is 0 Å². The summed E-state index contributed by atoms with van der Waals surface area (Å²) in [5.41, 5.74) is 0.749. The minimum absolute atomic E-state index is 0.125. The molecule has 0 bridgehead atoms. The summed E-state index contributed by atoms with van der Waals surface area (Å²) < 4.78 is 32.3. The molecular formula is C26H26O11. The van der Waals surface area contributed by atoms with Crippen LogP contribution >= 0.6 is 0 Å². The fraction of sp³-hybridized carbons (Fsp3) is 0.346. The van der Waals surface area contributed by atoms with Crippen LogP contribution in [-0.4, -0.2) is 67.5 Å². The van der Waals surface area contributed by atoms with Crippen molar-refractivity contribution in [1.82, 2.24) is 0 Å². The number of benzene rings is 2. The predicted molar refractivity (Wildman–Crippen MR) is 124 cm³/mol. The maximum absolute atomic E-state index is 12.9. The van der Waals surface area contributed by atoms with Crippen molar-refractivity contribution in [2.45, 2.75) is 51.5 Å². The van der Waals surface area contributed by atoms with E-state index >= 15 is 0 Å². The molecule has 1 saturated heterocycles. The average Bonchev–Trinajstić information content (AvgIpc) is 2.86. The molecule has 11 nitrogen and oxygen atoms in total. The molecule has 5 atom stereocenters. The molecule has 0 aromatic heterocycles. The van der Waals surface area contributed by atoms with Crippen molar-refractivity contribution in [1.29, 1.82) is 0 Å². The Labute approximate surface area is 212 Å². The maximum Gasteiger partial charge on any atom is 0.339 e. The highest BCUT2D eigenvalue weighted by Gasteiger charge is 2.55. The monoisotopic (exact) mass is 514 g/mol. The quantitative estimate of drug-likeness (QED) is 0.290. The minimum atomic E-state index is -1.59. The Hall–Kier alpha value is -4.25. The Morgan fingerprint density at radius 3 is 1.86 bits per heavy atom. The van der Waals surface area contributed by atoms with Crippen LogP contribution in [0.5, 0.6) is 5.75 Å². The third-order valence-corrected chi connectivity index (χ3v) is 5.22. The van der Waals surface area contributed by atoms with Crippen LogP contribution in [-0.2, 0) is 42.9 Å². The number of carbonyl (C=O) groups is 5. The molecule has 0 radical (unpaired) electrons. The van der Waals surface area contributed by atoms with E-state index in [1.54, 1.807) is 42.5 Å². The average molecular weight is 514 g/mol. The fourth-order valence-electron chi connectivity index (χ4n) is 3.78. The number of methoxy groups -OCH3 is 1. The fourth-order valence-corrected chi connectivity index (χ4v) is 3.78. The van der Waals surface area contributed by atoms with Gasteiger partial charge < -0.3 is 28.4 Å². The second kappa shape index (κ2) is 12.1. The molecule has 0 unspecified atom stereocenters. The molecule has 0 spiro atoms. The molecule has 1 aliphatic heterocycles. The first-order valence-electron chi connectivity index (χ1n) is 11.2. The van der Waals surface area contributed by atoms with E-state index in [-0.39, 0.29) is 11.5 Å². The molecule has 1 heterocycles. The zero-order valence-electron chi connectivity index (χ0n) is 20.6. The van der Waals surface area contributed by atoms with Crippen molar-refractivity contribution in [2.75, 3.05) is 7.11 Å². The molecule has 11 heteroatoms. The highest BCUT2D eigenvalue weighted by atomic mass is 16.7. The summed E-state index contributed by atoms with van der Waals surface area (Å²) in [5.74, 6) is -3.50. The summed E-state index contributed by atoms with van der Waals surface area (Å²) in [4.78, 5) is 61.0. The molecule has 196 valence electrons. The summed E-state index contributed by atoms with van der Waals surface area (Å²) in [5, 5.41) is 0. The van der Waals surface area contributed by atoms with E-state index in [1.807, 2.05) is 0 Å². The third-order valence-electron chi connectivity index (χ3n) is 5.22. The van der Waals surface area contributed by atoms with E-state index in [0.29, 0.717) is 11.1 Å². The molecule has 0 amide bonds. The van der Waals surface area contributed by atoms with Crippen molar-refractivity contribution in [2.24, 2.45) is 0 Å². The van der Waals surface area contributed by atoms with E-state index in [4.69, 9.17) is 28.4 Å². The summed E-state index contributed by atoms with van der Waals surface area (Å²) >= 11 is 0. The maximum atomic E-state index is 12.9. The van der Waals surface area contributed by atoms with Crippen LogP contribution in [0.25, 0.3) is 0 Å². The first kappa shape index (κ1) is 27.3. The second-order valence-corrected chi connectivity index (χ2v) is 8.01. The molecule has 2 aromatic rings. The molecule has 0 aliphatic carbocycles. The third kappa shape index (κ3) is 6.91. The van der Waals surface area contributed by atoms with E-state index in [2.05, 4.69) is 0 Å². The van der Waals surface area contributed by atoms with Gasteiger partial charge in [-0.3, -0.25) is 19.2 Å². The van der Waals surface area contributed by atoms with Crippen LogP contribution in [0.1, 0.15) is 36.7 Å². The van der Waals surface area contributed by atoms with Gasteiger partial charge in [0.1, 0.15) is 5.75 Å². The smallest absolute Gasteiger partial charge is 0.339 e. The number of ketones is 1. The standard InChI is InChI=1S/C26H26O11/c1-14(27)33-21-22(34-15(2)28)24(35-16(3)29)26(37-23(21)25(31)32-4)36-19-12-8-11-18(13-19)20(30)17-9-6-5-7-10-17/h5-13,21-24,26H,1-4H3/t21-,22-,23-,24+,26+/m0/s1. The van der Waals surface area contributed by atoms with Crippen LogP contribution in [0, 0.1) is 0 Å². The van der Waals surface area contributed by atoms with Gasteiger partial charge in [-0.15, -0.1) is 0 Å². The summed E-state index contributed by atoms with van der Waals surface area (Å²) in [6.45, 7) is 3.28. The second-order valence-electron chi connectivity index (χ2n) is 8.01. The lowest BCUT2D eigenvalue weighted by Gasteiger charge is -2.43. The van der Waals surface area contributed by atoms with Crippen molar-refractivity contribution in [3.05, 3.63) is 65.7 Å². The topological polar surface area (TPSA) is 141 Å². The van der Waals surface area contributed by atoms with Crippen molar-refractivity contribution in [3.8, 4) is 5.75 Å². The van der Waals surface area contributed by atoms with Gasteiger partial charge in [0, 0.05) is 31.9 Å². The number of esters is 4.